The molecule has 0 aliphatic carbocycles. The van der Waals surface area contributed by atoms with Gasteiger partial charge in [-0.05, 0) is 32.9 Å². The second kappa shape index (κ2) is 7.24. The van der Waals surface area contributed by atoms with E-state index >= 15 is 0 Å². The largest absolute Gasteiger partial charge is 0.369 e. The summed E-state index contributed by atoms with van der Waals surface area (Å²) < 4.78 is 27.0. The Morgan fingerprint density at radius 3 is 2.50 bits per heavy atom. The summed E-state index contributed by atoms with van der Waals surface area (Å²) in [6, 6.07) is 4.51. The number of nitro groups is 1. The van der Waals surface area contributed by atoms with Crippen LogP contribution in [0.2, 0.25) is 0 Å². The smallest absolute Gasteiger partial charge is 0.290 e. The Morgan fingerprint density at radius 2 is 1.96 bits per heavy atom. The zero-order valence-corrected chi connectivity index (χ0v) is 15.1. The first-order valence-electron chi connectivity index (χ1n) is 7.13. The molecule has 0 aliphatic heterocycles. The fourth-order valence-corrected chi connectivity index (χ4v) is 4.76. The number of aromatic nitrogens is 1. The first-order valence-corrected chi connectivity index (χ1v) is 9.43. The van der Waals surface area contributed by atoms with Crippen LogP contribution in [0.4, 0.5) is 11.5 Å². The van der Waals surface area contributed by atoms with Crippen LogP contribution >= 0.6 is 11.3 Å². The van der Waals surface area contributed by atoms with Crippen LogP contribution in [0.15, 0.2) is 23.1 Å². The highest BCUT2D eigenvalue weighted by atomic mass is 32.2. The number of anilines is 1. The van der Waals surface area contributed by atoms with Gasteiger partial charge in [0.1, 0.15) is 11.5 Å². The van der Waals surface area contributed by atoms with E-state index in [4.69, 9.17) is 0 Å². The molecule has 0 amide bonds. The Morgan fingerprint density at radius 1 is 1.25 bits per heavy atom. The van der Waals surface area contributed by atoms with E-state index in [1.807, 2.05) is 6.92 Å². The lowest BCUT2D eigenvalue weighted by Crippen LogP contribution is -2.29. The van der Waals surface area contributed by atoms with Crippen molar-refractivity contribution in [2.24, 2.45) is 0 Å². The molecule has 0 aromatic carbocycles. The average molecular weight is 370 g/mol. The molecule has 0 bridgehead atoms. The van der Waals surface area contributed by atoms with Crippen LogP contribution in [0, 0.1) is 30.9 Å². The van der Waals surface area contributed by atoms with Crippen molar-refractivity contribution in [1.29, 1.82) is 0 Å². The zero-order valence-electron chi connectivity index (χ0n) is 13.5. The summed E-state index contributed by atoms with van der Waals surface area (Å²) in [4.78, 5) is 16.3. The number of thiophene rings is 1. The summed E-state index contributed by atoms with van der Waals surface area (Å²) in [7, 11) is -3.54. The summed E-state index contributed by atoms with van der Waals surface area (Å²) in [6.07, 6.45) is 0. The molecular weight excluding hydrogens is 352 g/mol. The minimum Gasteiger partial charge on any atom is -0.369 e. The first kappa shape index (κ1) is 18.3. The Balaban J connectivity index is 1.92. The third-order valence-electron chi connectivity index (χ3n) is 3.26. The van der Waals surface area contributed by atoms with Crippen LogP contribution < -0.4 is 10.0 Å². The van der Waals surface area contributed by atoms with Crippen LogP contribution in [0.5, 0.6) is 0 Å². The molecule has 2 heterocycles. The summed E-state index contributed by atoms with van der Waals surface area (Å²) in [5, 5.41) is 13.7. The van der Waals surface area contributed by atoms with Gasteiger partial charge in [-0.25, -0.2) is 18.1 Å². The molecule has 0 fully saturated rings. The van der Waals surface area contributed by atoms with E-state index in [9.17, 15) is 18.5 Å². The molecule has 2 rings (SSSR count). The third kappa shape index (κ3) is 4.28. The standard InChI is InChI=1S/C14H18N4O4S2/c1-9-8-13(11(3)23-9)24(21,22)16-7-6-15-14-5-4-12(18(19)20)10(2)17-14/h4-5,8,16H,6-7H2,1-3H3,(H,15,17). The zero-order chi connectivity index (χ0) is 17.9. The highest BCUT2D eigenvalue weighted by Crippen LogP contribution is 2.24. The Bertz CT molecular complexity index is 862. The maximum Gasteiger partial charge on any atom is 0.290 e. The molecule has 0 saturated heterocycles. The van der Waals surface area contributed by atoms with E-state index in [2.05, 4.69) is 15.0 Å². The molecule has 0 radical (unpaired) electrons. The van der Waals surface area contributed by atoms with Gasteiger partial charge < -0.3 is 5.32 Å². The minimum absolute atomic E-state index is 0.0513. The quantitative estimate of drug-likeness (QED) is 0.439. The fourth-order valence-electron chi connectivity index (χ4n) is 2.17. The summed E-state index contributed by atoms with van der Waals surface area (Å²) in [5.41, 5.74) is 0.250. The number of aryl methyl sites for hydroxylation is 3. The molecule has 10 heteroatoms. The fraction of sp³-hybridized carbons (Fsp3) is 0.357. The van der Waals surface area contributed by atoms with Gasteiger partial charge in [0.2, 0.25) is 10.0 Å². The van der Waals surface area contributed by atoms with Crippen LogP contribution in [0.3, 0.4) is 0 Å². The van der Waals surface area contributed by atoms with Crippen molar-refractivity contribution in [1.82, 2.24) is 9.71 Å². The molecule has 24 heavy (non-hydrogen) atoms. The number of pyridine rings is 1. The SMILES string of the molecule is Cc1cc(S(=O)(=O)NCCNc2ccc([N+](=O)[O-])c(C)n2)c(C)s1. The lowest BCUT2D eigenvalue weighted by molar-refractivity contribution is -0.385. The van der Waals surface area contributed by atoms with Crippen LogP contribution in [-0.2, 0) is 10.0 Å². The predicted molar refractivity (Wildman–Crippen MR) is 93.1 cm³/mol. The number of nitrogens with zero attached hydrogens (tertiary/aromatic N) is 2. The van der Waals surface area contributed by atoms with Crippen LogP contribution in [-0.4, -0.2) is 31.4 Å². The van der Waals surface area contributed by atoms with Gasteiger partial charge in [-0.2, -0.15) is 0 Å². The number of hydrogen-bond acceptors (Lipinski definition) is 7. The van der Waals surface area contributed by atoms with E-state index in [0.29, 0.717) is 23.0 Å². The Hall–Kier alpha value is -2.04. The van der Waals surface area contributed by atoms with Gasteiger partial charge in [-0.15, -0.1) is 11.3 Å². The van der Waals surface area contributed by atoms with Crippen molar-refractivity contribution in [2.75, 3.05) is 18.4 Å². The molecule has 0 saturated carbocycles. The maximum atomic E-state index is 12.2. The monoisotopic (exact) mass is 370 g/mol. The number of sulfonamides is 1. The van der Waals surface area contributed by atoms with Crippen molar-refractivity contribution < 1.29 is 13.3 Å². The summed E-state index contributed by atoms with van der Waals surface area (Å²) in [5.74, 6) is 0.458. The van der Waals surface area contributed by atoms with Gasteiger partial charge in [0.15, 0.2) is 0 Å². The van der Waals surface area contributed by atoms with Gasteiger partial charge >= 0.3 is 0 Å². The third-order valence-corrected chi connectivity index (χ3v) is 5.95. The molecule has 0 unspecified atom stereocenters. The molecule has 0 spiro atoms. The van der Waals surface area contributed by atoms with Crippen molar-refractivity contribution in [2.45, 2.75) is 25.7 Å². The van der Waals surface area contributed by atoms with Crippen LogP contribution in [0.25, 0.3) is 0 Å². The summed E-state index contributed by atoms with van der Waals surface area (Å²) >= 11 is 1.44. The highest BCUT2D eigenvalue weighted by Gasteiger charge is 2.18. The molecule has 0 atom stereocenters. The second-order valence-electron chi connectivity index (χ2n) is 5.16. The number of hydrogen-bond donors (Lipinski definition) is 2. The number of rotatable bonds is 7. The summed E-state index contributed by atoms with van der Waals surface area (Å²) in [6.45, 7) is 5.67. The Labute approximate surface area is 144 Å². The van der Waals surface area contributed by atoms with Crippen LogP contribution in [0.1, 0.15) is 15.4 Å². The lowest BCUT2D eigenvalue weighted by Gasteiger charge is -2.08. The average Bonchev–Trinajstić information content (AvgIpc) is 2.83. The van der Waals surface area contributed by atoms with Crippen molar-refractivity contribution in [3.63, 3.8) is 0 Å². The highest BCUT2D eigenvalue weighted by molar-refractivity contribution is 7.89. The van der Waals surface area contributed by atoms with Gasteiger partial charge in [-0.3, -0.25) is 10.1 Å². The van der Waals surface area contributed by atoms with E-state index < -0.39 is 14.9 Å². The molecule has 2 N–H and O–H groups in total. The Kier molecular flexibility index (Phi) is 5.52. The molecule has 2 aromatic rings. The van der Waals surface area contributed by atoms with E-state index in [1.165, 1.54) is 23.5 Å². The van der Waals surface area contributed by atoms with E-state index in [-0.39, 0.29) is 12.2 Å². The van der Waals surface area contributed by atoms with Gasteiger partial charge in [-0.1, -0.05) is 0 Å². The van der Waals surface area contributed by atoms with E-state index in [0.717, 1.165) is 9.75 Å². The van der Waals surface area contributed by atoms with Crippen molar-refractivity contribution in [3.8, 4) is 0 Å². The van der Waals surface area contributed by atoms with Crippen molar-refractivity contribution >= 4 is 32.9 Å². The molecule has 8 nitrogen and oxygen atoms in total. The topological polar surface area (TPSA) is 114 Å². The normalized spacial score (nSPS) is 11.5. The maximum absolute atomic E-state index is 12.2. The molecule has 0 aliphatic rings. The lowest BCUT2D eigenvalue weighted by atomic mass is 10.3. The minimum atomic E-state index is -3.54. The second-order valence-corrected chi connectivity index (χ2v) is 8.36. The van der Waals surface area contributed by atoms with Gasteiger partial charge in [0.25, 0.3) is 5.69 Å². The molecular formula is C14H18N4O4S2. The van der Waals surface area contributed by atoms with Gasteiger partial charge in [0, 0.05) is 28.9 Å². The predicted octanol–water partition coefficient (Wildman–Crippen LogP) is 2.37. The molecule has 130 valence electrons. The first-order chi connectivity index (χ1) is 11.2. The number of nitrogens with one attached hydrogen (secondary N) is 2. The molecule has 2 aromatic heterocycles. The van der Waals surface area contributed by atoms with Gasteiger partial charge in [0.05, 0.1) is 9.82 Å². The van der Waals surface area contributed by atoms with E-state index in [1.54, 1.807) is 19.9 Å². The van der Waals surface area contributed by atoms with Crippen molar-refractivity contribution in [3.05, 3.63) is 43.8 Å².